The lowest BCUT2D eigenvalue weighted by Crippen LogP contribution is -2.26. The summed E-state index contributed by atoms with van der Waals surface area (Å²) in [7, 11) is 0. The summed E-state index contributed by atoms with van der Waals surface area (Å²) in [6, 6.07) is 8.34. The molecule has 0 atom stereocenters. The molecule has 0 radical (unpaired) electrons. The number of carbonyl (C=O) groups is 1. The number of hydrogen-bond donors (Lipinski definition) is 2. The van der Waals surface area contributed by atoms with Crippen LogP contribution in [0.15, 0.2) is 35.4 Å². The zero-order valence-corrected chi connectivity index (χ0v) is 15.6. The quantitative estimate of drug-likeness (QED) is 0.438. The minimum absolute atomic E-state index is 0.0239. The molecule has 1 amide bonds. The van der Waals surface area contributed by atoms with Crippen molar-refractivity contribution in [3.63, 3.8) is 0 Å². The molecule has 7 nitrogen and oxygen atoms in total. The fourth-order valence-electron chi connectivity index (χ4n) is 2.11. The summed E-state index contributed by atoms with van der Waals surface area (Å²) in [6.45, 7) is 3.92. The number of rotatable bonds is 6. The van der Waals surface area contributed by atoms with Crippen molar-refractivity contribution in [3.8, 4) is 0 Å². The van der Waals surface area contributed by atoms with Gasteiger partial charge in [0.1, 0.15) is 5.02 Å². The third-order valence-corrected chi connectivity index (χ3v) is 4.12. The molecule has 9 heteroatoms. The van der Waals surface area contributed by atoms with Gasteiger partial charge in [-0.25, -0.2) is 5.43 Å². The van der Waals surface area contributed by atoms with Gasteiger partial charge >= 0.3 is 0 Å². The molecule has 0 saturated heterocycles. The van der Waals surface area contributed by atoms with E-state index >= 15 is 0 Å². The molecule has 0 bridgehead atoms. The van der Waals surface area contributed by atoms with E-state index in [4.69, 9.17) is 23.2 Å². The normalized spacial score (nSPS) is 10.8. The Bertz CT molecular complexity index is 885. The number of nitrogens with one attached hydrogen (secondary N) is 2. The van der Waals surface area contributed by atoms with Gasteiger partial charge in [0.25, 0.3) is 11.6 Å². The van der Waals surface area contributed by atoms with Crippen LogP contribution in [0.2, 0.25) is 10.0 Å². The van der Waals surface area contributed by atoms with Gasteiger partial charge in [-0.1, -0.05) is 35.3 Å². The van der Waals surface area contributed by atoms with Gasteiger partial charge in [0.05, 0.1) is 22.7 Å². The first-order valence-electron chi connectivity index (χ1n) is 7.54. The second-order valence-corrected chi connectivity index (χ2v) is 6.36. The summed E-state index contributed by atoms with van der Waals surface area (Å²) in [5.41, 5.74) is 5.27. The first-order valence-corrected chi connectivity index (χ1v) is 8.30. The maximum atomic E-state index is 11.9. The molecule has 2 aromatic rings. The Morgan fingerprint density at radius 1 is 1.23 bits per heavy atom. The van der Waals surface area contributed by atoms with E-state index in [2.05, 4.69) is 15.8 Å². The van der Waals surface area contributed by atoms with Crippen LogP contribution in [-0.4, -0.2) is 23.6 Å². The Hall–Kier alpha value is -2.64. The second kappa shape index (κ2) is 8.64. The largest absolute Gasteiger partial charge is 0.376 e. The summed E-state index contributed by atoms with van der Waals surface area (Å²) in [6.07, 6.45) is 1.22. The molecule has 0 unspecified atom stereocenters. The standard InChI is InChI=1S/C17H16Cl2N4O3/c1-10-3-4-11(2)15(5-10)20-9-17(24)22-21-8-12-6-16(23(25)26)14(19)7-13(12)18/h3-8,20H,9H2,1-2H3,(H,22,24). The van der Waals surface area contributed by atoms with E-state index in [1.807, 2.05) is 32.0 Å². The Labute approximate surface area is 160 Å². The van der Waals surface area contributed by atoms with Crippen molar-refractivity contribution in [1.29, 1.82) is 0 Å². The number of hydrazone groups is 1. The van der Waals surface area contributed by atoms with Crippen molar-refractivity contribution in [2.75, 3.05) is 11.9 Å². The average molecular weight is 395 g/mol. The molecule has 0 saturated carbocycles. The number of halogens is 2. The van der Waals surface area contributed by atoms with E-state index in [1.165, 1.54) is 18.3 Å². The van der Waals surface area contributed by atoms with Gasteiger partial charge in [-0.05, 0) is 37.1 Å². The first kappa shape index (κ1) is 19.7. The highest BCUT2D eigenvalue weighted by Crippen LogP contribution is 2.29. The average Bonchev–Trinajstić information content (AvgIpc) is 2.57. The molecular formula is C17H16Cl2N4O3. The molecule has 136 valence electrons. The van der Waals surface area contributed by atoms with Crippen molar-refractivity contribution >= 4 is 46.7 Å². The van der Waals surface area contributed by atoms with E-state index in [1.54, 1.807) is 0 Å². The molecule has 0 fully saturated rings. The molecule has 2 rings (SSSR count). The Kier molecular flexibility index (Phi) is 6.54. The molecule has 2 aromatic carbocycles. The first-order chi connectivity index (χ1) is 12.3. The van der Waals surface area contributed by atoms with Gasteiger partial charge in [-0.3, -0.25) is 14.9 Å². The maximum Gasteiger partial charge on any atom is 0.288 e. The monoisotopic (exact) mass is 394 g/mol. The van der Waals surface area contributed by atoms with E-state index < -0.39 is 4.92 Å². The Morgan fingerprint density at radius 3 is 2.65 bits per heavy atom. The number of carbonyl (C=O) groups excluding carboxylic acids is 1. The van der Waals surface area contributed by atoms with Gasteiger partial charge in [-0.2, -0.15) is 5.10 Å². The van der Waals surface area contributed by atoms with E-state index in [9.17, 15) is 14.9 Å². The summed E-state index contributed by atoms with van der Waals surface area (Å²) < 4.78 is 0. The number of anilines is 1. The van der Waals surface area contributed by atoms with E-state index in [-0.39, 0.29) is 33.7 Å². The summed E-state index contributed by atoms with van der Waals surface area (Å²) in [4.78, 5) is 22.1. The number of nitrogens with zero attached hydrogens (tertiary/aromatic N) is 2. The predicted octanol–water partition coefficient (Wildman–Crippen LogP) is 4.08. The summed E-state index contributed by atoms with van der Waals surface area (Å²) in [5.74, 6) is -0.373. The Morgan fingerprint density at radius 2 is 1.96 bits per heavy atom. The highest BCUT2D eigenvalue weighted by Gasteiger charge is 2.15. The van der Waals surface area contributed by atoms with Crippen LogP contribution < -0.4 is 10.7 Å². The summed E-state index contributed by atoms with van der Waals surface area (Å²) in [5, 5.41) is 17.8. The SMILES string of the molecule is Cc1ccc(C)c(NCC(=O)NN=Cc2cc([N+](=O)[O-])c(Cl)cc2Cl)c1. The van der Waals surface area contributed by atoms with Gasteiger partial charge < -0.3 is 5.32 Å². The van der Waals surface area contributed by atoms with Crippen molar-refractivity contribution < 1.29 is 9.72 Å². The zero-order chi connectivity index (χ0) is 19.3. The molecule has 0 heterocycles. The van der Waals surface area contributed by atoms with E-state index in [0.717, 1.165) is 16.8 Å². The molecule has 0 aliphatic heterocycles. The van der Waals surface area contributed by atoms with Crippen LogP contribution in [0.1, 0.15) is 16.7 Å². The van der Waals surface area contributed by atoms with Crippen molar-refractivity contribution in [3.05, 3.63) is 67.2 Å². The molecule has 0 aliphatic rings. The lowest BCUT2D eigenvalue weighted by Gasteiger charge is -2.09. The van der Waals surface area contributed by atoms with E-state index in [0.29, 0.717) is 0 Å². The van der Waals surface area contributed by atoms with Crippen molar-refractivity contribution in [2.45, 2.75) is 13.8 Å². The van der Waals surface area contributed by atoms with Gasteiger partial charge in [-0.15, -0.1) is 0 Å². The second-order valence-electron chi connectivity index (χ2n) is 5.55. The predicted molar refractivity (Wildman–Crippen MR) is 103 cm³/mol. The Balaban J connectivity index is 1.98. The van der Waals surface area contributed by atoms with Crippen molar-refractivity contribution in [2.24, 2.45) is 5.10 Å². The van der Waals surface area contributed by atoms with Crippen LogP contribution in [0.4, 0.5) is 11.4 Å². The molecule has 26 heavy (non-hydrogen) atoms. The molecule has 0 aromatic heterocycles. The molecular weight excluding hydrogens is 379 g/mol. The minimum atomic E-state index is -0.622. The van der Waals surface area contributed by atoms with Crippen LogP contribution in [-0.2, 0) is 4.79 Å². The van der Waals surface area contributed by atoms with Gasteiger partial charge in [0.15, 0.2) is 0 Å². The smallest absolute Gasteiger partial charge is 0.288 e. The molecule has 0 aliphatic carbocycles. The van der Waals surface area contributed by atoms with Gasteiger partial charge in [0, 0.05) is 17.3 Å². The highest BCUT2D eigenvalue weighted by atomic mass is 35.5. The molecule has 2 N–H and O–H groups in total. The number of nitro groups is 1. The lowest BCUT2D eigenvalue weighted by molar-refractivity contribution is -0.384. The highest BCUT2D eigenvalue weighted by molar-refractivity contribution is 6.37. The summed E-state index contributed by atoms with van der Waals surface area (Å²) >= 11 is 11.7. The minimum Gasteiger partial charge on any atom is -0.376 e. The van der Waals surface area contributed by atoms with Gasteiger partial charge in [0.2, 0.25) is 0 Å². The topological polar surface area (TPSA) is 96.6 Å². The fraction of sp³-hybridized carbons (Fsp3) is 0.176. The number of aryl methyl sites for hydroxylation is 2. The van der Waals surface area contributed by atoms with Crippen molar-refractivity contribution in [1.82, 2.24) is 5.43 Å². The number of hydrogen-bond acceptors (Lipinski definition) is 5. The van der Waals surface area contributed by atoms with Crippen LogP contribution in [0.5, 0.6) is 0 Å². The number of nitro benzene ring substituents is 1. The van der Waals surface area contributed by atoms with Crippen LogP contribution >= 0.6 is 23.2 Å². The fourth-order valence-corrected chi connectivity index (χ4v) is 2.61. The number of amides is 1. The van der Waals surface area contributed by atoms with Crippen LogP contribution in [0.3, 0.4) is 0 Å². The zero-order valence-electron chi connectivity index (χ0n) is 14.0. The third kappa shape index (κ3) is 5.18. The number of benzene rings is 2. The van der Waals surface area contributed by atoms with Crippen LogP contribution in [0.25, 0.3) is 0 Å². The molecule has 0 spiro atoms. The van der Waals surface area contributed by atoms with Crippen LogP contribution in [0, 0.1) is 24.0 Å². The maximum absolute atomic E-state index is 11.9. The third-order valence-electron chi connectivity index (χ3n) is 3.49. The lowest BCUT2D eigenvalue weighted by atomic mass is 10.1.